The number of esters is 1. The van der Waals surface area contributed by atoms with Crippen molar-refractivity contribution in [1.29, 1.82) is 0 Å². The fourth-order valence-electron chi connectivity index (χ4n) is 2.36. The maximum Gasteiger partial charge on any atom is 0.308 e. The molecule has 1 aromatic carbocycles. The number of carbonyl (C=O) groups excluding carboxylic acids is 1. The number of carbonyl (C=O) groups is 1. The number of benzene rings is 1. The van der Waals surface area contributed by atoms with Crippen molar-refractivity contribution in [3.63, 3.8) is 0 Å². The number of rotatable bonds is 5. The van der Waals surface area contributed by atoms with Crippen LogP contribution in [0.1, 0.15) is 31.7 Å². The Morgan fingerprint density at radius 3 is 2.23 bits per heavy atom. The summed E-state index contributed by atoms with van der Waals surface area (Å²) >= 11 is 0. The molecule has 0 spiro atoms. The number of methoxy groups -OCH3 is 2. The highest BCUT2D eigenvalue weighted by Crippen LogP contribution is 2.38. The molecule has 22 heavy (non-hydrogen) atoms. The lowest BCUT2D eigenvalue weighted by Gasteiger charge is -2.23. The lowest BCUT2D eigenvalue weighted by atomic mass is 10.2. The number of piperidine rings is 1. The molecule has 1 aromatic rings. The molecular formula is C16H22N2O4. The molecule has 0 amide bonds. The molecule has 6 nitrogen and oxygen atoms in total. The highest BCUT2D eigenvalue weighted by atomic mass is 16.6. The van der Waals surface area contributed by atoms with Crippen LogP contribution in [0.3, 0.4) is 0 Å². The fraction of sp³-hybridized carbons (Fsp3) is 0.500. The Morgan fingerprint density at radius 2 is 1.73 bits per heavy atom. The summed E-state index contributed by atoms with van der Waals surface area (Å²) in [6.07, 6.45) is 5.39. The smallest absolute Gasteiger partial charge is 0.308 e. The van der Waals surface area contributed by atoms with Gasteiger partial charge in [0, 0.05) is 25.6 Å². The zero-order chi connectivity index (χ0) is 15.9. The summed E-state index contributed by atoms with van der Waals surface area (Å²) in [5.41, 5.74) is 0.829. The van der Waals surface area contributed by atoms with Gasteiger partial charge in [-0.05, 0) is 31.4 Å². The summed E-state index contributed by atoms with van der Waals surface area (Å²) in [7, 11) is 3.04. The number of hydrogen-bond donors (Lipinski definition) is 0. The van der Waals surface area contributed by atoms with Gasteiger partial charge in [0.05, 0.1) is 20.4 Å². The van der Waals surface area contributed by atoms with Crippen LogP contribution in [0.4, 0.5) is 0 Å². The monoisotopic (exact) mass is 306 g/mol. The molecule has 0 saturated carbocycles. The van der Waals surface area contributed by atoms with Gasteiger partial charge in [0.2, 0.25) is 5.75 Å². The van der Waals surface area contributed by atoms with Crippen LogP contribution in [-0.2, 0) is 4.79 Å². The highest BCUT2D eigenvalue weighted by Gasteiger charge is 2.16. The van der Waals surface area contributed by atoms with Crippen molar-refractivity contribution >= 4 is 12.2 Å². The van der Waals surface area contributed by atoms with Gasteiger partial charge >= 0.3 is 5.97 Å². The minimum absolute atomic E-state index is 0.285. The standard InChI is InChI=1S/C16H22N2O4/c1-12(19)22-16-14(20-2)9-13(10-15(16)21-3)11-17-18-7-5-4-6-8-18/h9-11H,4-8H2,1-3H3/b17-11-. The van der Waals surface area contributed by atoms with Crippen molar-refractivity contribution in [2.75, 3.05) is 27.3 Å². The summed E-state index contributed by atoms with van der Waals surface area (Å²) in [4.78, 5) is 11.2. The van der Waals surface area contributed by atoms with Crippen LogP contribution in [0.25, 0.3) is 0 Å². The fourth-order valence-corrected chi connectivity index (χ4v) is 2.36. The molecule has 6 heteroatoms. The van der Waals surface area contributed by atoms with E-state index in [-0.39, 0.29) is 5.75 Å². The Kier molecular flexibility index (Phi) is 5.63. The van der Waals surface area contributed by atoms with Crippen LogP contribution in [0, 0.1) is 0 Å². The first-order valence-corrected chi connectivity index (χ1v) is 7.37. The maximum atomic E-state index is 11.2. The van der Waals surface area contributed by atoms with Crippen molar-refractivity contribution in [3.05, 3.63) is 17.7 Å². The van der Waals surface area contributed by atoms with Gasteiger partial charge in [0.15, 0.2) is 11.5 Å². The molecule has 0 atom stereocenters. The molecule has 1 saturated heterocycles. The molecule has 2 rings (SSSR count). The van der Waals surface area contributed by atoms with E-state index < -0.39 is 5.97 Å². The average molecular weight is 306 g/mol. The van der Waals surface area contributed by atoms with Gasteiger partial charge in [-0.25, -0.2) is 0 Å². The van der Waals surface area contributed by atoms with Gasteiger partial charge in [0.1, 0.15) is 0 Å². The zero-order valence-electron chi connectivity index (χ0n) is 13.3. The largest absolute Gasteiger partial charge is 0.493 e. The van der Waals surface area contributed by atoms with E-state index in [0.717, 1.165) is 18.7 Å². The van der Waals surface area contributed by atoms with Crippen LogP contribution in [0.2, 0.25) is 0 Å². The SMILES string of the molecule is COc1cc(/C=N\N2CCCCC2)cc(OC)c1OC(C)=O. The second-order valence-corrected chi connectivity index (χ2v) is 5.11. The lowest BCUT2D eigenvalue weighted by Crippen LogP contribution is -2.24. The molecule has 0 aliphatic carbocycles. The van der Waals surface area contributed by atoms with Crippen LogP contribution in [-0.4, -0.2) is 44.5 Å². The highest BCUT2D eigenvalue weighted by molar-refractivity contribution is 5.83. The molecule has 1 aliphatic rings. The number of nitrogens with zero attached hydrogens (tertiary/aromatic N) is 2. The number of ether oxygens (including phenoxy) is 3. The number of hydrazone groups is 1. The Morgan fingerprint density at radius 1 is 1.14 bits per heavy atom. The van der Waals surface area contributed by atoms with Gasteiger partial charge in [0.25, 0.3) is 0 Å². The van der Waals surface area contributed by atoms with Crippen molar-refractivity contribution in [1.82, 2.24) is 5.01 Å². The van der Waals surface area contributed by atoms with E-state index in [9.17, 15) is 4.79 Å². The molecule has 1 aliphatic heterocycles. The van der Waals surface area contributed by atoms with Crippen LogP contribution in [0.5, 0.6) is 17.2 Å². The van der Waals surface area contributed by atoms with Crippen molar-refractivity contribution < 1.29 is 19.0 Å². The first-order valence-electron chi connectivity index (χ1n) is 7.37. The third kappa shape index (κ3) is 4.13. The second-order valence-electron chi connectivity index (χ2n) is 5.11. The van der Waals surface area contributed by atoms with E-state index in [4.69, 9.17) is 14.2 Å². The molecule has 0 unspecified atom stereocenters. The van der Waals surface area contributed by atoms with Crippen LogP contribution in [0.15, 0.2) is 17.2 Å². The Bertz CT molecular complexity index is 526. The molecule has 1 heterocycles. The molecule has 0 radical (unpaired) electrons. The van der Waals surface area contributed by atoms with Crippen molar-refractivity contribution in [2.24, 2.45) is 5.10 Å². The average Bonchev–Trinajstić information content (AvgIpc) is 2.54. The van der Waals surface area contributed by atoms with Crippen LogP contribution < -0.4 is 14.2 Å². The zero-order valence-corrected chi connectivity index (χ0v) is 13.3. The minimum Gasteiger partial charge on any atom is -0.493 e. The molecule has 1 fully saturated rings. The molecular weight excluding hydrogens is 284 g/mol. The summed E-state index contributed by atoms with van der Waals surface area (Å²) < 4.78 is 15.7. The minimum atomic E-state index is -0.425. The topological polar surface area (TPSA) is 60.4 Å². The normalized spacial score (nSPS) is 15.0. The second kappa shape index (κ2) is 7.68. The van der Waals surface area contributed by atoms with Gasteiger partial charge in [-0.2, -0.15) is 5.10 Å². The summed E-state index contributed by atoms with van der Waals surface area (Å²) in [5.74, 6) is 0.739. The van der Waals surface area contributed by atoms with Gasteiger partial charge in [-0.1, -0.05) is 0 Å². The Balaban J connectivity index is 2.24. The molecule has 0 bridgehead atoms. The predicted molar refractivity (Wildman–Crippen MR) is 83.9 cm³/mol. The van der Waals surface area contributed by atoms with Crippen molar-refractivity contribution in [2.45, 2.75) is 26.2 Å². The quantitative estimate of drug-likeness (QED) is 0.475. The van der Waals surface area contributed by atoms with E-state index in [1.165, 1.54) is 40.4 Å². The summed E-state index contributed by atoms with van der Waals surface area (Å²) in [6.45, 7) is 3.30. The van der Waals surface area contributed by atoms with E-state index in [1.807, 2.05) is 0 Å². The first kappa shape index (κ1) is 16.1. The lowest BCUT2D eigenvalue weighted by molar-refractivity contribution is -0.132. The predicted octanol–water partition coefficient (Wildman–Crippen LogP) is 2.45. The van der Waals surface area contributed by atoms with E-state index in [0.29, 0.717) is 11.5 Å². The first-order chi connectivity index (χ1) is 10.6. The van der Waals surface area contributed by atoms with E-state index in [2.05, 4.69) is 10.1 Å². The molecule has 0 aromatic heterocycles. The van der Waals surface area contributed by atoms with Gasteiger partial charge in [-0.15, -0.1) is 0 Å². The Hall–Kier alpha value is -2.24. The summed E-state index contributed by atoms with van der Waals surface area (Å²) in [5, 5.41) is 6.54. The van der Waals surface area contributed by atoms with E-state index >= 15 is 0 Å². The number of hydrogen-bond acceptors (Lipinski definition) is 6. The molecule has 120 valence electrons. The molecule has 0 N–H and O–H groups in total. The van der Waals surface area contributed by atoms with Crippen molar-refractivity contribution in [3.8, 4) is 17.2 Å². The van der Waals surface area contributed by atoms with Gasteiger partial charge < -0.3 is 14.2 Å². The third-order valence-electron chi connectivity index (χ3n) is 3.43. The third-order valence-corrected chi connectivity index (χ3v) is 3.43. The maximum absolute atomic E-state index is 11.2. The van der Waals surface area contributed by atoms with Gasteiger partial charge in [-0.3, -0.25) is 9.80 Å². The summed E-state index contributed by atoms with van der Waals surface area (Å²) in [6, 6.07) is 3.54. The Labute approximate surface area is 130 Å². The van der Waals surface area contributed by atoms with Crippen LogP contribution >= 0.6 is 0 Å². The van der Waals surface area contributed by atoms with E-state index in [1.54, 1.807) is 18.3 Å².